The highest BCUT2D eigenvalue weighted by Crippen LogP contribution is 2.25. The highest BCUT2D eigenvalue weighted by Gasteiger charge is 2.38. The lowest BCUT2D eigenvalue weighted by atomic mass is 10.2. The maximum Gasteiger partial charge on any atom is 0.338 e. The van der Waals surface area contributed by atoms with E-state index < -0.39 is 24.1 Å². The molecule has 1 N–H and O–H groups in total. The smallest absolute Gasteiger partial charge is 0.338 e. The third-order valence-electron chi connectivity index (χ3n) is 0.901. The van der Waals surface area contributed by atoms with Crippen molar-refractivity contribution < 1.29 is 23.1 Å². The number of aliphatic carboxylic acids is 1. The zero-order chi connectivity index (χ0) is 9.07. The lowest BCUT2D eigenvalue weighted by molar-refractivity contribution is -0.136. The highest BCUT2D eigenvalue weighted by molar-refractivity contribution is 6.27. The van der Waals surface area contributed by atoms with Crippen LogP contribution in [-0.4, -0.2) is 23.7 Å². The molecule has 0 aromatic heterocycles. The summed E-state index contributed by atoms with van der Waals surface area (Å²) < 4.78 is 35.8. The van der Waals surface area contributed by atoms with Gasteiger partial charge in [-0.15, -0.1) is 0 Å². The molecule has 2 nitrogen and oxygen atoms in total. The van der Waals surface area contributed by atoms with Gasteiger partial charge < -0.3 is 5.11 Å². The molecule has 0 fully saturated rings. The van der Waals surface area contributed by atoms with E-state index in [0.717, 1.165) is 0 Å². The van der Waals surface area contributed by atoms with E-state index in [1.165, 1.54) is 0 Å². The number of carbonyl (C=O) groups is 1. The summed E-state index contributed by atoms with van der Waals surface area (Å²) >= 11 is 4.74. The number of rotatable bonds is 3. The summed E-state index contributed by atoms with van der Waals surface area (Å²) in [6, 6.07) is 0. The molecule has 11 heavy (non-hydrogen) atoms. The molecule has 0 aliphatic heterocycles. The SMILES string of the molecule is O=C(O)/C(=C\Cl)C(F)(F)CF. The van der Waals surface area contributed by atoms with Gasteiger partial charge in [-0.2, -0.15) is 8.78 Å². The van der Waals surface area contributed by atoms with Crippen molar-refractivity contribution in [3.8, 4) is 0 Å². The second kappa shape index (κ2) is 3.61. The zero-order valence-electron chi connectivity index (χ0n) is 5.15. The first-order chi connectivity index (χ1) is 4.95. The first kappa shape index (κ1) is 10.3. The fourth-order valence-electron chi connectivity index (χ4n) is 0.355. The average Bonchev–Trinajstić information content (AvgIpc) is 1.88. The summed E-state index contributed by atoms with van der Waals surface area (Å²) in [5.74, 6) is -5.93. The normalized spacial score (nSPS) is 13.3. The van der Waals surface area contributed by atoms with Gasteiger partial charge in [0.15, 0.2) is 6.67 Å². The molecule has 0 aliphatic rings. The van der Waals surface area contributed by atoms with Gasteiger partial charge in [0, 0.05) is 5.54 Å². The first-order valence-electron chi connectivity index (χ1n) is 2.43. The van der Waals surface area contributed by atoms with Crippen molar-refractivity contribution in [3.63, 3.8) is 0 Å². The fraction of sp³-hybridized carbons (Fsp3) is 0.400. The fourth-order valence-corrected chi connectivity index (χ4v) is 0.608. The van der Waals surface area contributed by atoms with Crippen molar-refractivity contribution in [2.75, 3.05) is 6.67 Å². The predicted molar refractivity (Wildman–Crippen MR) is 32.5 cm³/mol. The lowest BCUT2D eigenvalue weighted by Gasteiger charge is -2.10. The minimum atomic E-state index is -4.01. The molecule has 0 aromatic rings. The topological polar surface area (TPSA) is 37.3 Å². The molecule has 0 aliphatic carbocycles. The van der Waals surface area contributed by atoms with Crippen LogP contribution in [0.5, 0.6) is 0 Å². The minimum absolute atomic E-state index is 0.155. The molecule has 0 heterocycles. The molecule has 6 heteroatoms. The van der Waals surface area contributed by atoms with Crippen LogP contribution in [0.2, 0.25) is 0 Å². The van der Waals surface area contributed by atoms with Crippen molar-refractivity contribution in [3.05, 3.63) is 11.1 Å². The lowest BCUT2D eigenvalue weighted by Crippen LogP contribution is -2.26. The summed E-state index contributed by atoms with van der Waals surface area (Å²) in [6.45, 7) is -2.07. The van der Waals surface area contributed by atoms with Crippen LogP contribution >= 0.6 is 11.6 Å². The Balaban J connectivity index is 4.66. The van der Waals surface area contributed by atoms with Gasteiger partial charge in [-0.1, -0.05) is 11.6 Å². The maximum atomic E-state index is 12.2. The van der Waals surface area contributed by atoms with Crippen molar-refractivity contribution in [2.45, 2.75) is 5.92 Å². The molecule has 64 valence electrons. The molecule has 0 bridgehead atoms. The number of carboxylic acid groups (broad SMARTS) is 1. The molecule has 0 rings (SSSR count). The number of hydrogen-bond acceptors (Lipinski definition) is 1. The number of carboxylic acids is 1. The van der Waals surface area contributed by atoms with Crippen LogP contribution in [-0.2, 0) is 4.79 Å². The van der Waals surface area contributed by atoms with Gasteiger partial charge in [0.25, 0.3) is 0 Å². The van der Waals surface area contributed by atoms with Gasteiger partial charge in [-0.05, 0) is 0 Å². The molecule has 0 aromatic carbocycles. The van der Waals surface area contributed by atoms with Crippen LogP contribution in [0.15, 0.2) is 11.1 Å². The van der Waals surface area contributed by atoms with Crippen LogP contribution in [0.4, 0.5) is 13.2 Å². The number of alkyl halides is 3. The van der Waals surface area contributed by atoms with Crippen molar-refractivity contribution in [2.24, 2.45) is 0 Å². The van der Waals surface area contributed by atoms with Gasteiger partial charge in [-0.25, -0.2) is 9.18 Å². The van der Waals surface area contributed by atoms with E-state index in [2.05, 4.69) is 0 Å². The zero-order valence-corrected chi connectivity index (χ0v) is 5.91. The largest absolute Gasteiger partial charge is 0.478 e. The monoisotopic (exact) mass is 188 g/mol. The predicted octanol–water partition coefficient (Wildman–Crippen LogP) is 1.80. The van der Waals surface area contributed by atoms with E-state index in [1.54, 1.807) is 0 Å². The molecule has 0 radical (unpaired) electrons. The molecular weight excluding hydrogens is 184 g/mol. The van der Waals surface area contributed by atoms with Gasteiger partial charge in [0.05, 0.1) is 0 Å². The Bertz CT molecular complexity index is 190. The average molecular weight is 189 g/mol. The Kier molecular flexibility index (Phi) is 3.38. The summed E-state index contributed by atoms with van der Waals surface area (Å²) in [5.41, 5.74) is -1.29. The minimum Gasteiger partial charge on any atom is -0.478 e. The van der Waals surface area contributed by atoms with Crippen LogP contribution < -0.4 is 0 Å². The van der Waals surface area contributed by atoms with Crippen molar-refractivity contribution in [1.29, 1.82) is 0 Å². The van der Waals surface area contributed by atoms with E-state index in [4.69, 9.17) is 16.7 Å². The van der Waals surface area contributed by atoms with Crippen LogP contribution in [0.1, 0.15) is 0 Å². The van der Waals surface area contributed by atoms with Gasteiger partial charge >= 0.3 is 11.9 Å². The van der Waals surface area contributed by atoms with E-state index in [-0.39, 0.29) is 5.54 Å². The highest BCUT2D eigenvalue weighted by atomic mass is 35.5. The van der Waals surface area contributed by atoms with Gasteiger partial charge in [0.1, 0.15) is 5.57 Å². The molecule has 0 amide bonds. The van der Waals surface area contributed by atoms with Crippen LogP contribution in [0.25, 0.3) is 0 Å². The van der Waals surface area contributed by atoms with Gasteiger partial charge in [-0.3, -0.25) is 0 Å². The summed E-state index contributed by atoms with van der Waals surface area (Å²) in [4.78, 5) is 9.94. The van der Waals surface area contributed by atoms with E-state index >= 15 is 0 Å². The molecule has 0 atom stereocenters. The van der Waals surface area contributed by atoms with Crippen LogP contribution in [0, 0.1) is 0 Å². The van der Waals surface area contributed by atoms with E-state index in [9.17, 15) is 18.0 Å². The summed E-state index contributed by atoms with van der Waals surface area (Å²) in [7, 11) is 0. The van der Waals surface area contributed by atoms with E-state index in [1.807, 2.05) is 0 Å². The third-order valence-corrected chi connectivity index (χ3v) is 1.12. The Labute approximate surface area is 65.3 Å². The number of halogens is 4. The van der Waals surface area contributed by atoms with E-state index in [0.29, 0.717) is 0 Å². The molecule has 0 spiro atoms. The maximum absolute atomic E-state index is 12.2. The second-order valence-electron chi connectivity index (χ2n) is 1.67. The standard InChI is InChI=1S/C5H4ClF3O2/c6-1-3(4(10)11)5(8,9)2-7/h1H,2H2,(H,10,11)/b3-1+. The second-order valence-corrected chi connectivity index (χ2v) is 1.88. The first-order valence-corrected chi connectivity index (χ1v) is 2.87. The summed E-state index contributed by atoms with van der Waals surface area (Å²) in [6.07, 6.45) is 0. The Morgan fingerprint density at radius 3 is 2.18 bits per heavy atom. The van der Waals surface area contributed by atoms with Gasteiger partial charge in [0.2, 0.25) is 0 Å². The third kappa shape index (κ3) is 2.42. The van der Waals surface area contributed by atoms with Crippen molar-refractivity contribution in [1.82, 2.24) is 0 Å². The van der Waals surface area contributed by atoms with Crippen molar-refractivity contribution >= 4 is 17.6 Å². The Morgan fingerprint density at radius 1 is 1.64 bits per heavy atom. The Hall–Kier alpha value is -0.710. The molecule has 0 unspecified atom stereocenters. The van der Waals surface area contributed by atoms with Crippen LogP contribution in [0.3, 0.4) is 0 Å². The Morgan fingerprint density at radius 2 is 2.09 bits per heavy atom. The summed E-state index contributed by atoms with van der Waals surface area (Å²) in [5, 5.41) is 8.04. The molecule has 0 saturated carbocycles. The molecule has 0 saturated heterocycles. The quantitative estimate of drug-likeness (QED) is 0.686. The number of hydrogen-bond donors (Lipinski definition) is 1. The molecular formula is C5H4ClF3O2.